The van der Waals surface area contributed by atoms with Gasteiger partial charge in [0.15, 0.2) is 5.41 Å². The molecule has 1 N–H and O–H groups in total. The molecule has 0 heterocycles. The van der Waals surface area contributed by atoms with Crippen LogP contribution in [0.25, 0.3) is 11.1 Å². The van der Waals surface area contributed by atoms with E-state index in [0.29, 0.717) is 11.1 Å². The van der Waals surface area contributed by atoms with Crippen molar-refractivity contribution in [2.45, 2.75) is 31.9 Å². The number of amides is 2. The first-order valence-electron chi connectivity index (χ1n) is 16.4. The lowest BCUT2D eigenvalue weighted by molar-refractivity contribution is -0.166. The third-order valence-electron chi connectivity index (χ3n) is 7.98. The van der Waals surface area contributed by atoms with Crippen molar-refractivity contribution < 1.29 is 56.1 Å². The highest BCUT2D eigenvalue weighted by Crippen LogP contribution is 2.34. The largest absolute Gasteiger partial charge is 0.513 e. The number of benzene rings is 4. The Labute approximate surface area is 303 Å². The van der Waals surface area contributed by atoms with Crippen LogP contribution in [-0.2, 0) is 35.4 Å². The van der Waals surface area contributed by atoms with Crippen LogP contribution in [-0.4, -0.2) is 68.7 Å². The van der Waals surface area contributed by atoms with Gasteiger partial charge in [-0.1, -0.05) is 60.7 Å². The molecule has 14 heteroatoms. The highest BCUT2D eigenvalue weighted by atomic mass is 19.4. The van der Waals surface area contributed by atoms with Crippen molar-refractivity contribution in [2.24, 2.45) is 0 Å². The average Bonchev–Trinajstić information content (AvgIpc) is 3.14. The van der Waals surface area contributed by atoms with Gasteiger partial charge in [-0.05, 0) is 66.9 Å². The topological polar surface area (TPSA) is 138 Å². The van der Waals surface area contributed by atoms with Gasteiger partial charge in [0.1, 0.15) is 5.75 Å². The minimum absolute atomic E-state index is 0.0220. The van der Waals surface area contributed by atoms with Crippen LogP contribution in [0.2, 0.25) is 0 Å². The zero-order chi connectivity index (χ0) is 38.8. The van der Waals surface area contributed by atoms with Gasteiger partial charge in [0, 0.05) is 26.1 Å². The molecule has 0 atom stereocenters. The van der Waals surface area contributed by atoms with E-state index in [0.717, 1.165) is 12.1 Å². The predicted molar refractivity (Wildman–Crippen MR) is 187 cm³/mol. The summed E-state index contributed by atoms with van der Waals surface area (Å²) in [5.74, 6) is -3.12. The molecule has 0 radical (unpaired) electrons. The number of halogens is 3. The molecule has 0 bridgehead atoms. The molecule has 0 fully saturated rings. The van der Waals surface area contributed by atoms with Crippen molar-refractivity contribution >= 4 is 35.6 Å². The number of hydrogen-bond donors (Lipinski definition) is 1. The minimum Gasteiger partial charge on any atom is -0.465 e. The van der Waals surface area contributed by atoms with Crippen molar-refractivity contribution in [3.8, 4) is 16.9 Å². The summed E-state index contributed by atoms with van der Waals surface area (Å²) in [5.41, 5.74) is -1.68. The molecule has 53 heavy (non-hydrogen) atoms. The number of hydrogen-bond acceptors (Lipinski definition) is 9. The second kappa shape index (κ2) is 17.4. The Morgan fingerprint density at radius 3 is 1.89 bits per heavy atom. The summed E-state index contributed by atoms with van der Waals surface area (Å²) < 4.78 is 60.4. The fourth-order valence-corrected chi connectivity index (χ4v) is 5.39. The van der Waals surface area contributed by atoms with Gasteiger partial charge < -0.3 is 29.2 Å². The summed E-state index contributed by atoms with van der Waals surface area (Å²) in [5, 5.41) is 2.67. The van der Waals surface area contributed by atoms with Crippen LogP contribution in [0, 0.1) is 0 Å². The number of alkyl halides is 3. The Morgan fingerprint density at radius 2 is 1.30 bits per heavy atom. The zero-order valence-electron chi connectivity index (χ0n) is 29.3. The monoisotopic (exact) mass is 734 g/mol. The summed E-state index contributed by atoms with van der Waals surface area (Å²) in [6, 6.07) is 22.6. The number of esters is 2. The smallest absolute Gasteiger partial charge is 0.465 e. The van der Waals surface area contributed by atoms with E-state index in [-0.39, 0.29) is 47.8 Å². The molecule has 0 aliphatic rings. The molecular formula is C39H37F3N2O9. The lowest BCUT2D eigenvalue weighted by Gasteiger charge is -2.29. The highest BCUT2D eigenvalue weighted by Gasteiger charge is 2.50. The van der Waals surface area contributed by atoms with Crippen LogP contribution in [0.5, 0.6) is 5.75 Å². The number of ether oxygens (including phenoxy) is 4. The number of nitrogens with one attached hydrogen (secondary N) is 1. The number of nitrogens with zero attached hydrogens (tertiary/aromatic N) is 1. The number of anilines is 1. The molecule has 278 valence electrons. The third kappa shape index (κ3) is 9.39. The Hall–Kier alpha value is -6.18. The van der Waals surface area contributed by atoms with Crippen LogP contribution in [0.1, 0.15) is 52.1 Å². The van der Waals surface area contributed by atoms with E-state index in [1.54, 1.807) is 62.4 Å². The van der Waals surface area contributed by atoms with Crippen LogP contribution < -0.4 is 10.1 Å². The van der Waals surface area contributed by atoms with Crippen molar-refractivity contribution in [1.82, 2.24) is 4.90 Å². The van der Waals surface area contributed by atoms with Gasteiger partial charge in [-0.2, -0.15) is 13.2 Å². The van der Waals surface area contributed by atoms with Crippen molar-refractivity contribution in [3.05, 3.63) is 119 Å². The molecule has 0 saturated heterocycles. The Kier molecular flexibility index (Phi) is 13.0. The standard InChI is InChI=1S/C39H37F3N2O9/c1-5-50-35(47)38(36(48)51-6-2,26-12-8-7-9-13-26)22-23-52-37(49)53-28-20-21-32(31(24-28)34(46)44(3)4)43-33(45)30-15-11-10-14-29(30)25-16-18-27(19-17-25)39(40,41)42/h7-21,24H,5-6,22-23H2,1-4H3,(H,43,45). The lowest BCUT2D eigenvalue weighted by atomic mass is 9.77. The summed E-state index contributed by atoms with van der Waals surface area (Å²) in [6.07, 6.45) is -6.09. The number of rotatable bonds is 13. The average molecular weight is 735 g/mol. The maximum Gasteiger partial charge on any atom is 0.513 e. The molecule has 0 saturated carbocycles. The third-order valence-corrected chi connectivity index (χ3v) is 7.98. The fraction of sp³-hybridized carbons (Fsp3) is 0.256. The van der Waals surface area contributed by atoms with Crippen molar-refractivity contribution in [3.63, 3.8) is 0 Å². The predicted octanol–water partition coefficient (Wildman–Crippen LogP) is 7.30. The van der Waals surface area contributed by atoms with Gasteiger partial charge in [0.05, 0.1) is 36.6 Å². The van der Waals surface area contributed by atoms with E-state index in [1.165, 1.54) is 55.4 Å². The van der Waals surface area contributed by atoms with Crippen LogP contribution in [0.3, 0.4) is 0 Å². The molecule has 4 aromatic rings. The molecule has 4 aromatic carbocycles. The maximum absolute atomic E-state index is 13.5. The van der Waals surface area contributed by atoms with Crippen molar-refractivity contribution in [2.75, 3.05) is 39.2 Å². The first kappa shape index (κ1) is 39.6. The van der Waals surface area contributed by atoms with E-state index >= 15 is 0 Å². The molecule has 2 amide bonds. The maximum atomic E-state index is 13.5. The van der Waals surface area contributed by atoms with Gasteiger partial charge in [-0.25, -0.2) is 4.79 Å². The summed E-state index contributed by atoms with van der Waals surface area (Å²) in [6.45, 7) is 2.65. The Bertz CT molecular complexity index is 1930. The van der Waals surface area contributed by atoms with E-state index < -0.39 is 53.7 Å². The zero-order valence-corrected chi connectivity index (χ0v) is 29.3. The summed E-state index contributed by atoms with van der Waals surface area (Å²) in [4.78, 5) is 67.3. The van der Waals surface area contributed by atoms with Gasteiger partial charge in [0.2, 0.25) is 0 Å². The SMILES string of the molecule is CCOC(=O)C(CCOC(=O)Oc1ccc(NC(=O)c2ccccc2-c2ccc(C(F)(F)F)cc2)c(C(=O)N(C)C)c1)(C(=O)OCC)c1ccccc1. The lowest BCUT2D eigenvalue weighted by Crippen LogP contribution is -2.47. The number of carbonyl (C=O) groups is 5. The highest BCUT2D eigenvalue weighted by molar-refractivity contribution is 6.12. The van der Waals surface area contributed by atoms with E-state index in [2.05, 4.69) is 5.32 Å². The molecule has 0 spiro atoms. The van der Waals surface area contributed by atoms with E-state index in [1.807, 2.05) is 0 Å². The minimum atomic E-state index is -4.53. The molecular weight excluding hydrogens is 697 g/mol. The Balaban J connectivity index is 1.54. The van der Waals surface area contributed by atoms with Gasteiger partial charge in [-0.15, -0.1) is 0 Å². The molecule has 0 aliphatic heterocycles. The summed E-state index contributed by atoms with van der Waals surface area (Å²) in [7, 11) is 2.95. The second-order valence-corrected chi connectivity index (χ2v) is 11.6. The first-order valence-corrected chi connectivity index (χ1v) is 16.4. The Morgan fingerprint density at radius 1 is 0.698 bits per heavy atom. The molecule has 0 aliphatic carbocycles. The van der Waals surface area contributed by atoms with Gasteiger partial charge in [0.25, 0.3) is 11.8 Å². The quantitative estimate of drug-likeness (QED) is 0.0650. The van der Waals surface area contributed by atoms with Gasteiger partial charge >= 0.3 is 24.3 Å². The number of carbonyl (C=O) groups excluding carboxylic acids is 5. The molecule has 11 nitrogen and oxygen atoms in total. The van der Waals surface area contributed by atoms with Crippen molar-refractivity contribution in [1.29, 1.82) is 0 Å². The van der Waals surface area contributed by atoms with Gasteiger partial charge in [-0.3, -0.25) is 19.2 Å². The normalized spacial score (nSPS) is 11.2. The molecule has 4 rings (SSSR count). The summed E-state index contributed by atoms with van der Waals surface area (Å²) >= 11 is 0. The molecule has 0 unspecified atom stereocenters. The first-order chi connectivity index (χ1) is 25.2. The van der Waals surface area contributed by atoms with Crippen LogP contribution in [0.15, 0.2) is 97.1 Å². The second-order valence-electron chi connectivity index (χ2n) is 11.6. The van der Waals surface area contributed by atoms with E-state index in [4.69, 9.17) is 18.9 Å². The van der Waals surface area contributed by atoms with E-state index in [9.17, 15) is 37.1 Å². The molecule has 0 aromatic heterocycles. The van der Waals surface area contributed by atoms with Crippen LogP contribution >= 0.6 is 0 Å². The fourth-order valence-electron chi connectivity index (χ4n) is 5.39. The van der Waals surface area contributed by atoms with Crippen LogP contribution in [0.4, 0.5) is 23.7 Å².